The Morgan fingerprint density at radius 2 is 1.09 bits per heavy atom. The SMILES string of the molecule is NC(=S)N(c1ccc(NC(=O)c2ccc(N(C(N)=S)C3CCCCC3)cc2)cc1)C1CCCCC1. The molecule has 2 aromatic rings. The molecule has 2 aliphatic carbocycles. The van der Waals surface area contributed by atoms with Gasteiger partial charge in [0, 0.05) is 34.7 Å². The van der Waals surface area contributed by atoms with Crippen LogP contribution in [0, 0.1) is 0 Å². The molecule has 186 valence electrons. The molecule has 35 heavy (non-hydrogen) atoms. The molecule has 2 aromatic carbocycles. The van der Waals surface area contributed by atoms with Crippen molar-refractivity contribution in [3.05, 3.63) is 54.1 Å². The number of amides is 1. The smallest absolute Gasteiger partial charge is 0.255 e. The summed E-state index contributed by atoms with van der Waals surface area (Å²) in [4.78, 5) is 17.0. The zero-order valence-electron chi connectivity index (χ0n) is 20.1. The van der Waals surface area contributed by atoms with Gasteiger partial charge in [-0.25, -0.2) is 0 Å². The highest BCUT2D eigenvalue weighted by atomic mass is 32.1. The molecule has 0 atom stereocenters. The van der Waals surface area contributed by atoms with E-state index >= 15 is 0 Å². The van der Waals surface area contributed by atoms with Gasteiger partial charge in [-0.2, -0.15) is 0 Å². The predicted molar refractivity (Wildman–Crippen MR) is 153 cm³/mol. The van der Waals surface area contributed by atoms with Crippen LogP contribution in [0.3, 0.4) is 0 Å². The average Bonchev–Trinajstić information content (AvgIpc) is 2.87. The third-order valence-corrected chi connectivity index (χ3v) is 7.56. The van der Waals surface area contributed by atoms with E-state index in [0.29, 0.717) is 27.9 Å². The lowest BCUT2D eigenvalue weighted by atomic mass is 9.94. The lowest BCUT2D eigenvalue weighted by Gasteiger charge is -2.35. The summed E-state index contributed by atoms with van der Waals surface area (Å²) in [5.74, 6) is -0.165. The molecule has 1 amide bonds. The number of hydrogen-bond acceptors (Lipinski definition) is 3. The fraction of sp³-hybridized carbons (Fsp3) is 0.444. The van der Waals surface area contributed by atoms with Crippen molar-refractivity contribution in [1.82, 2.24) is 0 Å². The van der Waals surface area contributed by atoms with E-state index in [2.05, 4.69) is 10.2 Å². The highest BCUT2D eigenvalue weighted by Crippen LogP contribution is 2.29. The number of nitrogens with two attached hydrogens (primary N) is 2. The monoisotopic (exact) mass is 509 g/mol. The molecule has 5 N–H and O–H groups in total. The molecule has 0 aliphatic heterocycles. The molecular weight excluding hydrogens is 474 g/mol. The van der Waals surface area contributed by atoms with Crippen LogP contribution in [0.5, 0.6) is 0 Å². The first-order valence-corrected chi connectivity index (χ1v) is 13.4. The van der Waals surface area contributed by atoms with Gasteiger partial charge in [-0.15, -0.1) is 0 Å². The van der Waals surface area contributed by atoms with E-state index in [4.69, 9.17) is 35.9 Å². The molecule has 8 heteroatoms. The van der Waals surface area contributed by atoms with Gasteiger partial charge in [-0.3, -0.25) is 4.79 Å². The number of nitrogens with zero attached hydrogens (tertiary/aromatic N) is 2. The Kier molecular flexibility index (Phi) is 8.57. The van der Waals surface area contributed by atoms with Crippen molar-refractivity contribution >= 4 is 57.6 Å². The number of carbonyl (C=O) groups excluding carboxylic acids is 1. The molecule has 2 saturated carbocycles. The summed E-state index contributed by atoms with van der Waals surface area (Å²) >= 11 is 10.7. The summed E-state index contributed by atoms with van der Waals surface area (Å²) in [6.07, 6.45) is 11.7. The van der Waals surface area contributed by atoms with Crippen LogP contribution in [0.4, 0.5) is 17.1 Å². The molecule has 2 fully saturated rings. The van der Waals surface area contributed by atoms with Crippen LogP contribution < -0.4 is 26.6 Å². The van der Waals surface area contributed by atoms with Crippen LogP contribution in [0.1, 0.15) is 74.6 Å². The van der Waals surface area contributed by atoms with E-state index in [1.807, 2.05) is 53.4 Å². The molecule has 0 aromatic heterocycles. The zero-order valence-corrected chi connectivity index (χ0v) is 21.8. The quantitative estimate of drug-likeness (QED) is 0.430. The Bertz CT molecular complexity index is 1030. The van der Waals surface area contributed by atoms with Crippen LogP contribution in [-0.4, -0.2) is 28.2 Å². The van der Waals surface area contributed by atoms with E-state index in [-0.39, 0.29) is 5.91 Å². The van der Waals surface area contributed by atoms with E-state index in [9.17, 15) is 4.79 Å². The minimum absolute atomic E-state index is 0.165. The lowest BCUT2D eigenvalue weighted by molar-refractivity contribution is 0.102. The Balaban J connectivity index is 1.42. The molecule has 0 spiro atoms. The number of hydrogen-bond donors (Lipinski definition) is 3. The maximum Gasteiger partial charge on any atom is 0.255 e. The number of anilines is 3. The van der Waals surface area contributed by atoms with Crippen molar-refractivity contribution in [1.29, 1.82) is 0 Å². The number of benzene rings is 2. The zero-order chi connectivity index (χ0) is 24.8. The van der Waals surface area contributed by atoms with Gasteiger partial charge in [0.15, 0.2) is 10.2 Å². The fourth-order valence-electron chi connectivity index (χ4n) is 5.40. The summed E-state index contributed by atoms with van der Waals surface area (Å²) in [6, 6.07) is 15.9. The van der Waals surface area contributed by atoms with Crippen LogP contribution in [-0.2, 0) is 0 Å². The number of nitrogens with one attached hydrogen (secondary N) is 1. The van der Waals surface area contributed by atoms with Gasteiger partial charge in [0.1, 0.15) is 0 Å². The first-order valence-electron chi connectivity index (χ1n) is 12.6. The van der Waals surface area contributed by atoms with Gasteiger partial charge in [-0.05, 0) is 98.6 Å². The lowest BCUT2D eigenvalue weighted by Crippen LogP contribution is -2.44. The van der Waals surface area contributed by atoms with Crippen molar-refractivity contribution in [3.8, 4) is 0 Å². The molecule has 2 aliphatic rings. The summed E-state index contributed by atoms with van der Waals surface area (Å²) in [6.45, 7) is 0. The summed E-state index contributed by atoms with van der Waals surface area (Å²) in [7, 11) is 0. The standard InChI is InChI=1S/C27H35N5OS2/c28-26(34)31(21-7-3-1-4-8-21)23-15-11-19(12-16-23)25(33)30-20-13-17-24(18-14-20)32(27(29)35)22-9-5-2-6-10-22/h11-18,21-22H,1-10H2,(H2,28,34)(H2,29,35)(H,30,33). The van der Waals surface area contributed by atoms with Crippen molar-refractivity contribution < 1.29 is 4.79 Å². The van der Waals surface area contributed by atoms with Crippen molar-refractivity contribution in [3.63, 3.8) is 0 Å². The third kappa shape index (κ3) is 6.30. The van der Waals surface area contributed by atoms with Crippen molar-refractivity contribution in [2.45, 2.75) is 76.3 Å². The van der Waals surface area contributed by atoms with Gasteiger partial charge in [0.25, 0.3) is 5.91 Å². The summed E-state index contributed by atoms with van der Waals surface area (Å²) < 4.78 is 0. The van der Waals surface area contributed by atoms with Gasteiger partial charge in [0.2, 0.25) is 0 Å². The molecule has 0 saturated heterocycles. The van der Waals surface area contributed by atoms with Gasteiger partial charge >= 0.3 is 0 Å². The Labute approximate surface area is 219 Å². The number of rotatable bonds is 6. The maximum atomic E-state index is 12.9. The van der Waals surface area contributed by atoms with E-state index in [0.717, 1.165) is 42.7 Å². The average molecular weight is 510 g/mol. The largest absolute Gasteiger partial charge is 0.376 e. The van der Waals surface area contributed by atoms with Gasteiger partial charge < -0.3 is 26.6 Å². The van der Waals surface area contributed by atoms with Crippen molar-refractivity contribution in [2.75, 3.05) is 15.1 Å². The Hall–Kier alpha value is -2.71. The first-order chi connectivity index (χ1) is 16.9. The number of carbonyl (C=O) groups is 1. The second-order valence-electron chi connectivity index (χ2n) is 9.55. The van der Waals surface area contributed by atoms with E-state index < -0.39 is 0 Å². The molecule has 6 nitrogen and oxygen atoms in total. The number of thiocarbonyl (C=S) groups is 2. The molecule has 0 bridgehead atoms. The molecule has 0 heterocycles. The van der Waals surface area contributed by atoms with E-state index in [1.165, 1.54) is 38.5 Å². The summed E-state index contributed by atoms with van der Waals surface area (Å²) in [5, 5.41) is 3.76. The first kappa shape index (κ1) is 25.4. The topological polar surface area (TPSA) is 87.6 Å². The van der Waals surface area contributed by atoms with Gasteiger partial charge in [0.05, 0.1) is 0 Å². The van der Waals surface area contributed by atoms with E-state index in [1.54, 1.807) is 0 Å². The van der Waals surface area contributed by atoms with Crippen LogP contribution in [0.15, 0.2) is 48.5 Å². The van der Waals surface area contributed by atoms with Crippen LogP contribution in [0.25, 0.3) is 0 Å². The van der Waals surface area contributed by atoms with Gasteiger partial charge in [-0.1, -0.05) is 38.5 Å². The van der Waals surface area contributed by atoms with Crippen LogP contribution in [0.2, 0.25) is 0 Å². The summed E-state index contributed by atoms with van der Waals surface area (Å²) in [5.41, 5.74) is 15.3. The van der Waals surface area contributed by atoms with Crippen LogP contribution >= 0.6 is 24.4 Å². The minimum atomic E-state index is -0.165. The second kappa shape index (κ2) is 11.8. The highest BCUT2D eigenvalue weighted by molar-refractivity contribution is 7.80. The molecule has 4 rings (SSSR count). The second-order valence-corrected chi connectivity index (χ2v) is 10.4. The molecular formula is C27H35N5OS2. The Morgan fingerprint density at radius 3 is 1.49 bits per heavy atom. The molecule has 0 radical (unpaired) electrons. The predicted octanol–water partition coefficient (Wildman–Crippen LogP) is 5.70. The Morgan fingerprint density at radius 1 is 0.686 bits per heavy atom. The highest BCUT2D eigenvalue weighted by Gasteiger charge is 2.25. The molecule has 0 unspecified atom stereocenters. The normalized spacial score (nSPS) is 16.9. The maximum absolute atomic E-state index is 12.9. The fourth-order valence-corrected chi connectivity index (χ4v) is 5.91. The third-order valence-electron chi connectivity index (χ3n) is 7.17. The van der Waals surface area contributed by atoms with Crippen molar-refractivity contribution in [2.24, 2.45) is 11.5 Å². The minimum Gasteiger partial charge on any atom is -0.376 e.